The van der Waals surface area contributed by atoms with Crippen molar-refractivity contribution >= 4 is 33.0 Å². The average molecular weight is 400 g/mol. The number of carbonyl (C=O) groups is 1. The monoisotopic (exact) mass is 400 g/mol. The number of hydrogen-bond acceptors (Lipinski definition) is 6. The number of aryl methyl sites for hydroxylation is 2. The topological polar surface area (TPSA) is 85.4 Å². The highest BCUT2D eigenvalue weighted by Crippen LogP contribution is 2.29. The zero-order valence-electron chi connectivity index (χ0n) is 14.4. The smallest absolute Gasteiger partial charge is 0.339 e. The van der Waals surface area contributed by atoms with Crippen LogP contribution in [0.1, 0.15) is 17.7 Å². The summed E-state index contributed by atoms with van der Waals surface area (Å²) in [5.74, 6) is 0.169. The summed E-state index contributed by atoms with van der Waals surface area (Å²) in [4.78, 5) is 15.9. The van der Waals surface area contributed by atoms with Gasteiger partial charge in [-0.2, -0.15) is 8.42 Å². The Labute approximate surface area is 161 Å². The van der Waals surface area contributed by atoms with E-state index in [4.69, 9.17) is 4.18 Å². The molecule has 0 aliphatic carbocycles. The number of nitrogens with zero attached hydrogens (tertiary/aromatic N) is 1. The molecule has 1 aliphatic rings. The molecule has 0 saturated carbocycles. The van der Waals surface area contributed by atoms with Gasteiger partial charge in [-0.1, -0.05) is 0 Å². The highest BCUT2D eigenvalue weighted by Gasteiger charge is 2.21. The third-order valence-electron chi connectivity index (χ3n) is 4.19. The predicted octanol–water partition coefficient (Wildman–Crippen LogP) is 3.77. The zero-order chi connectivity index (χ0) is 19.0. The highest BCUT2D eigenvalue weighted by atomic mass is 32.2. The van der Waals surface area contributed by atoms with Gasteiger partial charge in [0, 0.05) is 28.7 Å². The molecule has 27 heavy (non-hydrogen) atoms. The van der Waals surface area contributed by atoms with Gasteiger partial charge in [0.1, 0.15) is 15.7 Å². The molecule has 2 aromatic carbocycles. The lowest BCUT2D eigenvalue weighted by atomic mass is 10.0. The van der Waals surface area contributed by atoms with Crippen LogP contribution in [0, 0.1) is 6.92 Å². The fraction of sp³-hybridized carbons (Fsp3) is 0.158. The van der Waals surface area contributed by atoms with Crippen molar-refractivity contribution < 1.29 is 17.4 Å². The second kappa shape index (κ2) is 6.79. The van der Waals surface area contributed by atoms with Crippen molar-refractivity contribution in [1.82, 2.24) is 4.98 Å². The van der Waals surface area contributed by atoms with Crippen LogP contribution >= 0.6 is 11.3 Å². The van der Waals surface area contributed by atoms with E-state index in [1.165, 1.54) is 17.4 Å². The number of hydrogen-bond donors (Lipinski definition) is 1. The summed E-state index contributed by atoms with van der Waals surface area (Å²) in [5.41, 5.74) is 3.28. The van der Waals surface area contributed by atoms with Crippen LogP contribution < -0.4 is 9.50 Å². The molecule has 2 heterocycles. The van der Waals surface area contributed by atoms with Crippen molar-refractivity contribution in [3.63, 3.8) is 0 Å². The summed E-state index contributed by atoms with van der Waals surface area (Å²) in [5, 5.41) is 5.57. The molecule has 3 aromatic rings. The van der Waals surface area contributed by atoms with Gasteiger partial charge in [0.2, 0.25) is 5.91 Å². The van der Waals surface area contributed by atoms with Crippen LogP contribution in [0.15, 0.2) is 52.7 Å². The normalized spacial score (nSPS) is 13.7. The first-order valence-corrected chi connectivity index (χ1v) is 10.6. The lowest BCUT2D eigenvalue weighted by Gasteiger charge is -2.17. The standard InChI is InChI=1S/C19H16N2O4S2/c1-12-11-26-19(20-12)13-2-5-15(6-3-13)25-27(23,24)16-7-8-17-14(10-16)4-9-18(22)21-17/h2-3,5-8,10-11H,4,9H2,1H3,(H,21,22). The molecule has 1 amide bonds. The summed E-state index contributed by atoms with van der Waals surface area (Å²) in [7, 11) is -3.96. The third-order valence-corrected chi connectivity index (χ3v) is 6.44. The van der Waals surface area contributed by atoms with Gasteiger partial charge >= 0.3 is 10.1 Å². The average Bonchev–Trinajstić information content (AvgIpc) is 3.08. The summed E-state index contributed by atoms with van der Waals surface area (Å²) in [6, 6.07) is 11.4. The van der Waals surface area contributed by atoms with Crippen molar-refractivity contribution in [2.45, 2.75) is 24.7 Å². The van der Waals surface area contributed by atoms with Gasteiger partial charge in [0.05, 0.1) is 0 Å². The minimum Gasteiger partial charge on any atom is -0.379 e. The molecule has 138 valence electrons. The van der Waals surface area contributed by atoms with Gasteiger partial charge in [-0.3, -0.25) is 4.79 Å². The predicted molar refractivity (Wildman–Crippen MR) is 103 cm³/mol. The van der Waals surface area contributed by atoms with Crippen LogP contribution in [-0.4, -0.2) is 19.3 Å². The van der Waals surface area contributed by atoms with Gasteiger partial charge in [-0.25, -0.2) is 4.98 Å². The van der Waals surface area contributed by atoms with Gasteiger partial charge in [-0.15, -0.1) is 11.3 Å². The number of amides is 1. The Kier molecular flexibility index (Phi) is 4.45. The SMILES string of the molecule is Cc1csc(-c2ccc(OS(=O)(=O)c3ccc4c(c3)CCC(=O)N4)cc2)n1. The molecule has 0 radical (unpaired) electrons. The van der Waals surface area contributed by atoms with E-state index in [0.717, 1.165) is 21.8 Å². The van der Waals surface area contributed by atoms with Gasteiger partial charge in [0.25, 0.3) is 0 Å². The van der Waals surface area contributed by atoms with Gasteiger partial charge < -0.3 is 9.50 Å². The van der Waals surface area contributed by atoms with E-state index in [1.807, 2.05) is 12.3 Å². The molecule has 6 nitrogen and oxygen atoms in total. The van der Waals surface area contributed by atoms with Crippen molar-refractivity contribution in [2.24, 2.45) is 0 Å². The first kappa shape index (κ1) is 17.7. The summed E-state index contributed by atoms with van der Waals surface area (Å²) in [6.45, 7) is 1.92. The molecular formula is C19H16N2O4S2. The minimum atomic E-state index is -3.96. The molecule has 0 unspecified atom stereocenters. The summed E-state index contributed by atoms with van der Waals surface area (Å²) < 4.78 is 30.4. The van der Waals surface area contributed by atoms with E-state index in [-0.39, 0.29) is 16.6 Å². The van der Waals surface area contributed by atoms with Crippen LogP contribution in [0.4, 0.5) is 5.69 Å². The second-order valence-electron chi connectivity index (χ2n) is 6.22. The quantitative estimate of drug-likeness (QED) is 0.674. The maximum absolute atomic E-state index is 12.6. The molecule has 0 bridgehead atoms. The summed E-state index contributed by atoms with van der Waals surface area (Å²) >= 11 is 1.53. The minimum absolute atomic E-state index is 0.0649. The fourth-order valence-corrected chi connectivity index (χ4v) is 4.62. The maximum atomic E-state index is 12.6. The third kappa shape index (κ3) is 3.72. The molecule has 0 saturated heterocycles. The molecule has 0 atom stereocenters. The maximum Gasteiger partial charge on any atom is 0.339 e. The Morgan fingerprint density at radius 1 is 1.11 bits per heavy atom. The van der Waals surface area contributed by atoms with Crippen LogP contribution in [0.25, 0.3) is 10.6 Å². The number of anilines is 1. The largest absolute Gasteiger partial charge is 0.379 e. The van der Waals surface area contributed by atoms with Crippen LogP contribution in [-0.2, 0) is 21.3 Å². The molecule has 0 fully saturated rings. The van der Waals surface area contributed by atoms with E-state index in [9.17, 15) is 13.2 Å². The Hall–Kier alpha value is -2.71. The lowest BCUT2D eigenvalue weighted by molar-refractivity contribution is -0.116. The first-order valence-electron chi connectivity index (χ1n) is 8.30. The highest BCUT2D eigenvalue weighted by molar-refractivity contribution is 7.87. The Morgan fingerprint density at radius 3 is 2.59 bits per heavy atom. The number of nitrogens with one attached hydrogen (secondary N) is 1. The zero-order valence-corrected chi connectivity index (χ0v) is 16.1. The fourth-order valence-electron chi connectivity index (χ4n) is 2.83. The van der Waals surface area contributed by atoms with Crippen molar-refractivity contribution in [2.75, 3.05) is 5.32 Å². The number of aromatic nitrogens is 1. The van der Waals surface area contributed by atoms with E-state index in [2.05, 4.69) is 10.3 Å². The van der Waals surface area contributed by atoms with Crippen LogP contribution in [0.2, 0.25) is 0 Å². The van der Waals surface area contributed by atoms with Crippen molar-refractivity contribution in [3.05, 3.63) is 59.1 Å². The van der Waals surface area contributed by atoms with E-state index < -0.39 is 10.1 Å². The number of carbonyl (C=O) groups excluding carboxylic acids is 1. The molecule has 1 aliphatic heterocycles. The number of thiazole rings is 1. The van der Waals surface area contributed by atoms with Gasteiger partial charge in [-0.05, 0) is 61.4 Å². The van der Waals surface area contributed by atoms with Crippen molar-refractivity contribution in [1.29, 1.82) is 0 Å². The molecule has 8 heteroatoms. The number of benzene rings is 2. The number of rotatable bonds is 4. The Morgan fingerprint density at radius 2 is 1.89 bits per heavy atom. The van der Waals surface area contributed by atoms with Crippen LogP contribution in [0.5, 0.6) is 5.75 Å². The molecule has 1 N–H and O–H groups in total. The second-order valence-corrected chi connectivity index (χ2v) is 8.63. The summed E-state index contributed by atoms with van der Waals surface area (Å²) in [6.07, 6.45) is 0.849. The molecule has 1 aromatic heterocycles. The molecule has 0 spiro atoms. The first-order chi connectivity index (χ1) is 12.9. The number of fused-ring (bicyclic) bond motifs is 1. The molecular weight excluding hydrogens is 384 g/mol. The Balaban J connectivity index is 1.55. The van der Waals surface area contributed by atoms with E-state index >= 15 is 0 Å². The van der Waals surface area contributed by atoms with Crippen LogP contribution in [0.3, 0.4) is 0 Å². The molecule has 4 rings (SSSR count). The lowest BCUT2D eigenvalue weighted by Crippen LogP contribution is -2.19. The van der Waals surface area contributed by atoms with Crippen molar-refractivity contribution in [3.8, 4) is 16.3 Å². The van der Waals surface area contributed by atoms with E-state index in [0.29, 0.717) is 18.5 Å². The van der Waals surface area contributed by atoms with E-state index in [1.54, 1.807) is 36.4 Å². The van der Waals surface area contributed by atoms with Gasteiger partial charge in [0.15, 0.2) is 0 Å². The Bertz CT molecular complexity index is 1120.